The van der Waals surface area contributed by atoms with Crippen molar-refractivity contribution in [1.29, 1.82) is 0 Å². The van der Waals surface area contributed by atoms with E-state index in [0.29, 0.717) is 19.1 Å². The highest BCUT2D eigenvalue weighted by atomic mass is 32.2. The summed E-state index contributed by atoms with van der Waals surface area (Å²) < 4.78 is 27.6. The summed E-state index contributed by atoms with van der Waals surface area (Å²) in [5.41, 5.74) is 0. The van der Waals surface area contributed by atoms with E-state index >= 15 is 0 Å². The predicted molar refractivity (Wildman–Crippen MR) is 60.9 cm³/mol. The van der Waals surface area contributed by atoms with E-state index in [4.69, 9.17) is 4.74 Å². The quantitative estimate of drug-likeness (QED) is 0.708. The molecule has 0 aromatic heterocycles. The Kier molecular flexibility index (Phi) is 4.73. The fourth-order valence-corrected chi connectivity index (χ4v) is 2.96. The number of nitrogens with one attached hydrogen (secondary N) is 1. The molecule has 1 heterocycles. The fourth-order valence-electron chi connectivity index (χ4n) is 1.52. The topological polar surface area (TPSA) is 72.5 Å². The summed E-state index contributed by atoms with van der Waals surface area (Å²) in [7, 11) is -2.98. The van der Waals surface area contributed by atoms with Crippen LogP contribution in [0.4, 0.5) is 0 Å². The third-order valence-electron chi connectivity index (χ3n) is 2.29. The molecule has 0 spiro atoms. The van der Waals surface area contributed by atoms with Crippen molar-refractivity contribution < 1.29 is 17.9 Å². The van der Waals surface area contributed by atoms with Crippen LogP contribution in [0.2, 0.25) is 0 Å². The van der Waals surface area contributed by atoms with Crippen LogP contribution in [0.1, 0.15) is 20.3 Å². The Hall–Kier alpha value is -0.620. The fraction of sp³-hybridized carbons (Fsp3) is 0.900. The molecule has 1 aliphatic heterocycles. The second-order valence-electron chi connectivity index (χ2n) is 4.55. The van der Waals surface area contributed by atoms with Crippen LogP contribution in [0, 0.1) is 5.92 Å². The summed E-state index contributed by atoms with van der Waals surface area (Å²) in [6.45, 7) is 4.72. The molecule has 0 radical (unpaired) electrons. The lowest BCUT2D eigenvalue weighted by atomic mass is 10.2. The Morgan fingerprint density at radius 1 is 1.50 bits per heavy atom. The second kappa shape index (κ2) is 5.63. The average molecular weight is 249 g/mol. The van der Waals surface area contributed by atoms with Crippen molar-refractivity contribution in [2.24, 2.45) is 5.92 Å². The van der Waals surface area contributed by atoms with Gasteiger partial charge in [-0.1, -0.05) is 13.8 Å². The number of sulfone groups is 1. The van der Waals surface area contributed by atoms with E-state index < -0.39 is 9.84 Å². The van der Waals surface area contributed by atoms with Crippen LogP contribution >= 0.6 is 0 Å². The molecule has 1 N–H and O–H groups in total. The molecule has 1 fully saturated rings. The summed E-state index contributed by atoms with van der Waals surface area (Å²) in [5.74, 6) is 0.157. The first-order valence-corrected chi connectivity index (χ1v) is 7.30. The Morgan fingerprint density at radius 3 is 2.75 bits per heavy atom. The van der Waals surface area contributed by atoms with Crippen LogP contribution in [0.15, 0.2) is 0 Å². The van der Waals surface area contributed by atoms with Gasteiger partial charge in [-0.25, -0.2) is 8.42 Å². The molecular formula is C10H19NO4S. The minimum Gasteiger partial charge on any atom is -0.465 e. The molecule has 0 aliphatic carbocycles. The van der Waals surface area contributed by atoms with Gasteiger partial charge in [0.2, 0.25) is 0 Å². The maximum Gasteiger partial charge on any atom is 0.307 e. The summed E-state index contributed by atoms with van der Waals surface area (Å²) in [4.78, 5) is 11.4. The third kappa shape index (κ3) is 4.94. The van der Waals surface area contributed by atoms with Gasteiger partial charge in [-0.3, -0.25) is 4.79 Å². The van der Waals surface area contributed by atoms with Crippen LogP contribution < -0.4 is 5.32 Å². The molecule has 1 atom stereocenters. The van der Waals surface area contributed by atoms with Gasteiger partial charge in [0.15, 0.2) is 9.84 Å². The van der Waals surface area contributed by atoms with Gasteiger partial charge >= 0.3 is 5.97 Å². The van der Waals surface area contributed by atoms with Gasteiger partial charge in [-0.05, 0) is 5.92 Å². The number of carbonyl (C=O) groups is 1. The molecule has 5 nitrogen and oxygen atoms in total. The number of ether oxygens (including phenoxy) is 1. The van der Waals surface area contributed by atoms with Gasteiger partial charge in [0, 0.05) is 12.6 Å². The standard InChI is InChI=1S/C10H19NO4S/c1-8(2)6-15-10(12)5-9-7-16(13,14)4-3-11-9/h8-9,11H,3-7H2,1-2H3. The molecule has 6 heteroatoms. The highest BCUT2D eigenvalue weighted by Crippen LogP contribution is 2.06. The van der Waals surface area contributed by atoms with Crippen molar-refractivity contribution in [3.05, 3.63) is 0 Å². The van der Waals surface area contributed by atoms with Gasteiger partial charge < -0.3 is 10.1 Å². The second-order valence-corrected chi connectivity index (χ2v) is 6.78. The monoisotopic (exact) mass is 249 g/mol. The molecule has 0 saturated carbocycles. The SMILES string of the molecule is CC(C)COC(=O)CC1CS(=O)(=O)CCN1. The van der Waals surface area contributed by atoms with E-state index in [1.54, 1.807) is 0 Å². The average Bonchev–Trinajstić information content (AvgIpc) is 2.13. The molecule has 0 amide bonds. The molecule has 1 saturated heterocycles. The van der Waals surface area contributed by atoms with Gasteiger partial charge in [-0.2, -0.15) is 0 Å². The zero-order valence-corrected chi connectivity index (χ0v) is 10.5. The van der Waals surface area contributed by atoms with Crippen molar-refractivity contribution in [3.8, 4) is 0 Å². The van der Waals surface area contributed by atoms with Crippen molar-refractivity contribution in [2.75, 3.05) is 24.7 Å². The van der Waals surface area contributed by atoms with E-state index in [-0.39, 0.29) is 29.9 Å². The highest BCUT2D eigenvalue weighted by Gasteiger charge is 2.26. The van der Waals surface area contributed by atoms with Gasteiger partial charge in [0.05, 0.1) is 24.5 Å². The zero-order valence-electron chi connectivity index (χ0n) is 9.73. The number of hydrogen-bond acceptors (Lipinski definition) is 5. The Bertz CT molecular complexity index is 337. The zero-order chi connectivity index (χ0) is 12.2. The van der Waals surface area contributed by atoms with Gasteiger partial charge in [0.1, 0.15) is 0 Å². The minimum absolute atomic E-state index is 0.0315. The Morgan fingerprint density at radius 2 is 2.19 bits per heavy atom. The molecule has 0 aromatic rings. The molecule has 1 rings (SSSR count). The van der Waals surface area contributed by atoms with Crippen LogP contribution in [0.3, 0.4) is 0 Å². The lowest BCUT2D eigenvalue weighted by Crippen LogP contribution is -2.46. The van der Waals surface area contributed by atoms with E-state index in [9.17, 15) is 13.2 Å². The smallest absolute Gasteiger partial charge is 0.307 e. The van der Waals surface area contributed by atoms with Crippen molar-refractivity contribution in [1.82, 2.24) is 5.32 Å². The van der Waals surface area contributed by atoms with Crippen LogP contribution in [0.5, 0.6) is 0 Å². The lowest BCUT2D eigenvalue weighted by molar-refractivity contribution is -0.145. The van der Waals surface area contributed by atoms with Crippen molar-refractivity contribution in [2.45, 2.75) is 26.3 Å². The molecule has 0 aromatic carbocycles. The predicted octanol–water partition coefficient (Wildman–Crippen LogP) is -0.0377. The molecule has 0 bridgehead atoms. The van der Waals surface area contributed by atoms with Crippen molar-refractivity contribution in [3.63, 3.8) is 0 Å². The highest BCUT2D eigenvalue weighted by molar-refractivity contribution is 7.91. The maximum atomic E-state index is 11.4. The molecule has 1 aliphatic rings. The van der Waals surface area contributed by atoms with Crippen molar-refractivity contribution >= 4 is 15.8 Å². The normalized spacial score (nSPS) is 24.3. The molecule has 1 unspecified atom stereocenters. The first kappa shape index (κ1) is 13.4. The largest absolute Gasteiger partial charge is 0.465 e. The Labute approximate surface area is 96.5 Å². The van der Waals surface area contributed by atoms with E-state index in [2.05, 4.69) is 5.32 Å². The summed E-state index contributed by atoms with van der Waals surface area (Å²) in [5, 5.41) is 3.01. The van der Waals surface area contributed by atoms with E-state index in [0.717, 1.165) is 0 Å². The maximum absolute atomic E-state index is 11.4. The molecule has 16 heavy (non-hydrogen) atoms. The molecule has 94 valence electrons. The summed E-state index contributed by atoms with van der Waals surface area (Å²) >= 11 is 0. The van der Waals surface area contributed by atoms with Gasteiger partial charge in [0.25, 0.3) is 0 Å². The van der Waals surface area contributed by atoms with Crippen LogP contribution in [-0.4, -0.2) is 45.1 Å². The number of esters is 1. The third-order valence-corrected chi connectivity index (χ3v) is 4.03. The number of carbonyl (C=O) groups excluding carboxylic acids is 1. The lowest BCUT2D eigenvalue weighted by Gasteiger charge is -2.22. The first-order valence-electron chi connectivity index (χ1n) is 5.48. The molecular weight excluding hydrogens is 230 g/mol. The summed E-state index contributed by atoms with van der Waals surface area (Å²) in [6, 6.07) is -0.293. The Balaban J connectivity index is 2.34. The minimum atomic E-state index is -2.98. The van der Waals surface area contributed by atoms with Crippen LogP contribution in [0.25, 0.3) is 0 Å². The first-order chi connectivity index (χ1) is 7.39. The number of hydrogen-bond donors (Lipinski definition) is 1. The van der Waals surface area contributed by atoms with Crippen LogP contribution in [-0.2, 0) is 19.4 Å². The number of rotatable bonds is 4. The van der Waals surface area contributed by atoms with E-state index in [1.807, 2.05) is 13.8 Å². The van der Waals surface area contributed by atoms with Gasteiger partial charge in [-0.15, -0.1) is 0 Å². The van der Waals surface area contributed by atoms with E-state index in [1.165, 1.54) is 0 Å². The summed E-state index contributed by atoms with van der Waals surface area (Å²) in [6.07, 6.45) is 0.131.